The number of rotatable bonds is 8. The Morgan fingerprint density at radius 2 is 1.93 bits per heavy atom. The van der Waals surface area contributed by atoms with Gasteiger partial charge in [-0.3, -0.25) is 14.8 Å². The van der Waals surface area contributed by atoms with Gasteiger partial charge >= 0.3 is 0 Å². The van der Waals surface area contributed by atoms with Crippen LogP contribution in [0.4, 0.5) is 0 Å². The van der Waals surface area contributed by atoms with E-state index in [4.69, 9.17) is 4.74 Å². The third-order valence-electron chi connectivity index (χ3n) is 6.15. The van der Waals surface area contributed by atoms with Crippen LogP contribution in [-0.4, -0.2) is 92.3 Å². The van der Waals surface area contributed by atoms with Crippen molar-refractivity contribution in [2.24, 2.45) is 0 Å². The zero-order valence-electron chi connectivity index (χ0n) is 17.7. The Balaban J connectivity index is 1.36. The number of hydrogen-bond donors (Lipinski definition) is 0. The van der Waals surface area contributed by atoms with Gasteiger partial charge in [-0.2, -0.15) is 4.31 Å². The lowest BCUT2D eigenvalue weighted by Gasteiger charge is -2.30. The van der Waals surface area contributed by atoms with Crippen LogP contribution in [-0.2, 0) is 21.3 Å². The second-order valence-corrected chi connectivity index (χ2v) is 10.3. The standard InChI is InChI=1S/C22H32N4O3S/c1-30(27,28)26(11-4-10-24-13-15-29-16-14-24)21-8-12-25(18-21)17-20-6-2-5-19-7-3-9-23-22(19)20/h2-3,5-7,9,21H,4,8,10-18H2,1H3. The molecule has 0 saturated carbocycles. The number of para-hydroxylation sites is 1. The van der Waals surface area contributed by atoms with Crippen LogP contribution in [0.3, 0.4) is 0 Å². The molecule has 7 nitrogen and oxygen atoms in total. The Morgan fingerprint density at radius 3 is 2.73 bits per heavy atom. The van der Waals surface area contributed by atoms with Crippen molar-refractivity contribution in [3.63, 3.8) is 0 Å². The molecule has 3 heterocycles. The van der Waals surface area contributed by atoms with E-state index in [0.29, 0.717) is 6.54 Å². The normalized spacial score (nSPS) is 21.6. The first-order chi connectivity index (χ1) is 14.5. The van der Waals surface area contributed by atoms with Crippen LogP contribution in [0.15, 0.2) is 36.5 Å². The van der Waals surface area contributed by atoms with E-state index in [-0.39, 0.29) is 6.04 Å². The van der Waals surface area contributed by atoms with E-state index < -0.39 is 10.0 Å². The molecule has 0 bridgehead atoms. The molecule has 1 atom stereocenters. The summed E-state index contributed by atoms with van der Waals surface area (Å²) in [6.07, 6.45) is 4.91. The molecule has 1 aromatic carbocycles. The minimum absolute atomic E-state index is 0.0487. The summed E-state index contributed by atoms with van der Waals surface area (Å²) in [5.74, 6) is 0. The summed E-state index contributed by atoms with van der Waals surface area (Å²) < 4.78 is 32.1. The van der Waals surface area contributed by atoms with Gasteiger partial charge in [-0.05, 0) is 31.0 Å². The lowest BCUT2D eigenvalue weighted by atomic mass is 10.1. The molecule has 8 heteroatoms. The van der Waals surface area contributed by atoms with Crippen LogP contribution in [0.1, 0.15) is 18.4 Å². The van der Waals surface area contributed by atoms with Crippen molar-refractivity contribution in [3.05, 3.63) is 42.1 Å². The van der Waals surface area contributed by atoms with E-state index in [1.54, 1.807) is 4.31 Å². The monoisotopic (exact) mass is 432 g/mol. The molecule has 1 unspecified atom stereocenters. The maximum absolute atomic E-state index is 12.5. The first kappa shape index (κ1) is 21.6. The zero-order chi connectivity index (χ0) is 21.0. The summed E-state index contributed by atoms with van der Waals surface area (Å²) in [4.78, 5) is 9.27. The average molecular weight is 433 g/mol. The van der Waals surface area contributed by atoms with E-state index >= 15 is 0 Å². The highest BCUT2D eigenvalue weighted by Crippen LogP contribution is 2.23. The summed E-state index contributed by atoms with van der Waals surface area (Å²) in [7, 11) is -3.23. The van der Waals surface area contributed by atoms with Gasteiger partial charge in [-0.15, -0.1) is 0 Å². The number of pyridine rings is 1. The fraction of sp³-hybridized carbons (Fsp3) is 0.591. The molecular formula is C22H32N4O3S. The molecule has 2 fully saturated rings. The number of sulfonamides is 1. The van der Waals surface area contributed by atoms with Crippen LogP contribution >= 0.6 is 0 Å². The predicted octanol–water partition coefficient (Wildman–Crippen LogP) is 1.79. The molecule has 0 radical (unpaired) electrons. The Hall–Kier alpha value is -1.58. The van der Waals surface area contributed by atoms with Gasteiger partial charge < -0.3 is 4.74 Å². The van der Waals surface area contributed by atoms with Crippen molar-refractivity contribution in [3.8, 4) is 0 Å². The Kier molecular flexibility index (Phi) is 7.00. The third kappa shape index (κ3) is 5.36. The van der Waals surface area contributed by atoms with Crippen molar-refractivity contribution < 1.29 is 13.2 Å². The molecule has 4 rings (SSSR count). The van der Waals surface area contributed by atoms with Crippen molar-refractivity contribution in [1.29, 1.82) is 0 Å². The fourth-order valence-corrected chi connectivity index (χ4v) is 5.80. The van der Waals surface area contributed by atoms with Crippen molar-refractivity contribution in [1.82, 2.24) is 19.1 Å². The molecule has 30 heavy (non-hydrogen) atoms. The highest BCUT2D eigenvalue weighted by atomic mass is 32.2. The van der Waals surface area contributed by atoms with Crippen LogP contribution in [0.2, 0.25) is 0 Å². The Labute approximate surface area is 179 Å². The minimum atomic E-state index is -3.23. The minimum Gasteiger partial charge on any atom is -0.379 e. The van der Waals surface area contributed by atoms with Crippen LogP contribution in [0, 0.1) is 0 Å². The van der Waals surface area contributed by atoms with Crippen molar-refractivity contribution in [2.75, 3.05) is 58.7 Å². The van der Waals surface area contributed by atoms with Gasteiger partial charge in [-0.1, -0.05) is 24.3 Å². The molecule has 0 aliphatic carbocycles. The van der Waals surface area contributed by atoms with E-state index in [1.165, 1.54) is 11.8 Å². The third-order valence-corrected chi connectivity index (χ3v) is 7.48. The molecule has 0 N–H and O–H groups in total. The van der Waals surface area contributed by atoms with Gasteiger partial charge in [-0.25, -0.2) is 8.42 Å². The average Bonchev–Trinajstić information content (AvgIpc) is 3.19. The summed E-state index contributed by atoms with van der Waals surface area (Å²) >= 11 is 0. The molecule has 0 spiro atoms. The molecule has 2 aliphatic heterocycles. The quantitative estimate of drug-likeness (QED) is 0.634. The smallest absolute Gasteiger partial charge is 0.211 e. The zero-order valence-corrected chi connectivity index (χ0v) is 18.6. The Bertz CT molecular complexity index is 941. The SMILES string of the molecule is CS(=O)(=O)N(CCCN1CCOCC1)C1CCN(Cc2cccc3cccnc23)C1. The van der Waals surface area contributed by atoms with Crippen LogP contribution in [0.5, 0.6) is 0 Å². The van der Waals surface area contributed by atoms with Crippen LogP contribution < -0.4 is 0 Å². The van der Waals surface area contributed by atoms with E-state index in [2.05, 4.69) is 39.0 Å². The maximum Gasteiger partial charge on any atom is 0.211 e. The summed E-state index contributed by atoms with van der Waals surface area (Å²) in [6.45, 7) is 7.42. The molecule has 0 amide bonds. The number of benzene rings is 1. The van der Waals surface area contributed by atoms with Gasteiger partial charge in [0.25, 0.3) is 0 Å². The number of morpholine rings is 1. The van der Waals surface area contributed by atoms with Crippen molar-refractivity contribution >= 4 is 20.9 Å². The number of nitrogens with zero attached hydrogens (tertiary/aromatic N) is 4. The van der Waals surface area contributed by atoms with Gasteiger partial charge in [0.1, 0.15) is 0 Å². The lowest BCUT2D eigenvalue weighted by molar-refractivity contribution is 0.0366. The number of hydrogen-bond acceptors (Lipinski definition) is 6. The molecule has 2 aromatic rings. The largest absolute Gasteiger partial charge is 0.379 e. The summed E-state index contributed by atoms with van der Waals surface area (Å²) in [5, 5.41) is 1.15. The maximum atomic E-state index is 12.5. The highest BCUT2D eigenvalue weighted by Gasteiger charge is 2.32. The first-order valence-electron chi connectivity index (χ1n) is 10.8. The molecule has 1 aromatic heterocycles. The van der Waals surface area contributed by atoms with Crippen molar-refractivity contribution in [2.45, 2.75) is 25.4 Å². The lowest BCUT2D eigenvalue weighted by Crippen LogP contribution is -2.43. The number of aromatic nitrogens is 1. The van der Waals surface area contributed by atoms with E-state index in [0.717, 1.165) is 76.2 Å². The van der Waals surface area contributed by atoms with Crippen LogP contribution in [0.25, 0.3) is 10.9 Å². The molecule has 164 valence electrons. The van der Waals surface area contributed by atoms with Gasteiger partial charge in [0.15, 0.2) is 0 Å². The Morgan fingerprint density at radius 1 is 1.13 bits per heavy atom. The molecular weight excluding hydrogens is 400 g/mol. The number of likely N-dealkylation sites (tertiary alicyclic amines) is 1. The summed E-state index contributed by atoms with van der Waals surface area (Å²) in [6, 6.07) is 10.4. The second-order valence-electron chi connectivity index (χ2n) is 8.35. The van der Waals surface area contributed by atoms with E-state index in [1.807, 2.05) is 12.3 Å². The van der Waals surface area contributed by atoms with Gasteiger partial charge in [0, 0.05) is 56.9 Å². The second kappa shape index (κ2) is 9.70. The highest BCUT2D eigenvalue weighted by molar-refractivity contribution is 7.88. The topological polar surface area (TPSA) is 66.0 Å². The number of fused-ring (bicyclic) bond motifs is 1. The van der Waals surface area contributed by atoms with E-state index in [9.17, 15) is 8.42 Å². The van der Waals surface area contributed by atoms with Gasteiger partial charge in [0.05, 0.1) is 25.0 Å². The summed E-state index contributed by atoms with van der Waals surface area (Å²) in [5.41, 5.74) is 2.24. The molecule has 2 saturated heterocycles. The van der Waals surface area contributed by atoms with Gasteiger partial charge in [0.2, 0.25) is 10.0 Å². The molecule has 2 aliphatic rings. The first-order valence-corrected chi connectivity index (χ1v) is 12.7. The fourth-order valence-electron chi connectivity index (χ4n) is 4.62. The predicted molar refractivity (Wildman–Crippen MR) is 119 cm³/mol. The number of ether oxygens (including phenoxy) is 1.